The van der Waals surface area contributed by atoms with Gasteiger partial charge in [-0.25, -0.2) is 0 Å². The normalized spacial score (nSPS) is 18.5. The van der Waals surface area contributed by atoms with Crippen LogP contribution in [-0.2, 0) is 27.3 Å². The highest BCUT2D eigenvalue weighted by molar-refractivity contribution is 6.30. The molecule has 31 heavy (non-hydrogen) atoms. The first-order valence-electron chi connectivity index (χ1n) is 10.2. The Kier molecular flexibility index (Phi) is 8.35. The number of carbonyl (C=O) groups excluding carboxylic acids is 1. The average Bonchev–Trinajstić information content (AvgIpc) is 2.74. The van der Waals surface area contributed by atoms with Crippen LogP contribution in [0.5, 0.6) is 0 Å². The highest BCUT2D eigenvalue weighted by Gasteiger charge is 2.44. The van der Waals surface area contributed by atoms with Crippen molar-refractivity contribution in [2.24, 2.45) is 0 Å². The van der Waals surface area contributed by atoms with Crippen LogP contribution in [0.2, 0.25) is 5.02 Å². The maximum Gasteiger partial charge on any atom is 0.426 e. The fourth-order valence-corrected chi connectivity index (χ4v) is 3.64. The summed E-state index contributed by atoms with van der Waals surface area (Å²) in [5.41, 5.74) is 1.56. The van der Waals surface area contributed by atoms with Gasteiger partial charge >= 0.3 is 12.1 Å². The van der Waals surface area contributed by atoms with Gasteiger partial charge in [-0.1, -0.05) is 54.1 Å². The highest BCUT2D eigenvalue weighted by Crippen LogP contribution is 2.26. The van der Waals surface area contributed by atoms with Gasteiger partial charge in [0.1, 0.15) is 0 Å². The predicted octanol–water partition coefficient (Wildman–Crippen LogP) is 5.04. The molecule has 2 unspecified atom stereocenters. The number of halogens is 4. The SMILES string of the molecule is O=C(Cc1ccc(Cl)cc1)OC(CN1CCCC(OCc2ccccc2)C1)C(F)(F)F. The van der Waals surface area contributed by atoms with Gasteiger partial charge in [-0.2, -0.15) is 13.2 Å². The highest BCUT2D eigenvalue weighted by atomic mass is 35.5. The number of piperidine rings is 1. The van der Waals surface area contributed by atoms with Crippen LogP contribution in [0.3, 0.4) is 0 Å². The van der Waals surface area contributed by atoms with Crippen molar-refractivity contribution in [3.63, 3.8) is 0 Å². The molecule has 8 heteroatoms. The van der Waals surface area contributed by atoms with Crippen LogP contribution in [-0.4, -0.2) is 48.9 Å². The van der Waals surface area contributed by atoms with Crippen LogP contribution in [0.25, 0.3) is 0 Å². The molecule has 1 aliphatic heterocycles. The Morgan fingerprint density at radius 2 is 1.81 bits per heavy atom. The number of likely N-dealkylation sites (tertiary alicyclic amines) is 1. The van der Waals surface area contributed by atoms with Crippen LogP contribution >= 0.6 is 11.6 Å². The minimum Gasteiger partial charge on any atom is -0.451 e. The minimum atomic E-state index is -4.65. The summed E-state index contributed by atoms with van der Waals surface area (Å²) in [6, 6.07) is 16.0. The van der Waals surface area contributed by atoms with Crippen molar-refractivity contribution in [2.45, 2.75) is 44.3 Å². The standard InChI is InChI=1S/C23H25ClF3NO3/c24-19-10-8-17(9-11-19)13-22(29)31-21(23(25,26)27)15-28-12-4-7-20(14-28)30-16-18-5-2-1-3-6-18/h1-3,5-6,8-11,20-21H,4,7,12-16H2. The lowest BCUT2D eigenvalue weighted by atomic mass is 10.1. The first-order valence-corrected chi connectivity index (χ1v) is 10.6. The number of nitrogens with zero attached hydrogens (tertiary/aromatic N) is 1. The van der Waals surface area contributed by atoms with Gasteiger partial charge in [0.05, 0.1) is 19.1 Å². The van der Waals surface area contributed by atoms with Crippen molar-refractivity contribution in [3.05, 3.63) is 70.7 Å². The summed E-state index contributed by atoms with van der Waals surface area (Å²) in [5, 5.41) is 0.486. The molecule has 4 nitrogen and oxygen atoms in total. The monoisotopic (exact) mass is 455 g/mol. The van der Waals surface area contributed by atoms with Crippen molar-refractivity contribution in [1.82, 2.24) is 4.90 Å². The van der Waals surface area contributed by atoms with E-state index >= 15 is 0 Å². The van der Waals surface area contributed by atoms with Crippen molar-refractivity contribution < 1.29 is 27.4 Å². The van der Waals surface area contributed by atoms with Crippen LogP contribution in [0, 0.1) is 0 Å². The summed E-state index contributed by atoms with van der Waals surface area (Å²) in [7, 11) is 0. The van der Waals surface area contributed by atoms with Gasteiger partial charge < -0.3 is 9.47 Å². The lowest BCUT2D eigenvalue weighted by Crippen LogP contribution is -2.48. The molecule has 0 aliphatic carbocycles. The molecule has 0 bridgehead atoms. The van der Waals surface area contributed by atoms with E-state index in [4.69, 9.17) is 21.1 Å². The van der Waals surface area contributed by atoms with E-state index < -0.39 is 24.8 Å². The topological polar surface area (TPSA) is 38.8 Å². The average molecular weight is 456 g/mol. The fourth-order valence-electron chi connectivity index (χ4n) is 3.51. The second kappa shape index (κ2) is 11.0. The molecule has 1 saturated heterocycles. The summed E-state index contributed by atoms with van der Waals surface area (Å²) in [4.78, 5) is 13.8. The Morgan fingerprint density at radius 3 is 2.48 bits per heavy atom. The van der Waals surface area contributed by atoms with Gasteiger partial charge in [0.15, 0.2) is 0 Å². The Bertz CT molecular complexity index is 830. The van der Waals surface area contributed by atoms with Crippen molar-refractivity contribution in [1.29, 1.82) is 0 Å². The van der Waals surface area contributed by atoms with Crippen molar-refractivity contribution in [3.8, 4) is 0 Å². The first kappa shape index (κ1) is 23.6. The summed E-state index contributed by atoms with van der Waals surface area (Å²) in [6.07, 6.45) is -5.72. The van der Waals surface area contributed by atoms with Gasteiger partial charge in [-0.3, -0.25) is 9.69 Å². The quantitative estimate of drug-likeness (QED) is 0.523. The number of benzene rings is 2. The summed E-state index contributed by atoms with van der Waals surface area (Å²) < 4.78 is 51.4. The fraction of sp³-hybridized carbons (Fsp3) is 0.435. The van der Waals surface area contributed by atoms with E-state index in [0.29, 0.717) is 30.3 Å². The summed E-state index contributed by atoms with van der Waals surface area (Å²) in [6.45, 7) is 0.889. The van der Waals surface area contributed by atoms with E-state index in [2.05, 4.69) is 0 Å². The molecule has 1 heterocycles. The molecule has 2 atom stereocenters. The molecule has 0 amide bonds. The zero-order valence-electron chi connectivity index (χ0n) is 17.0. The molecule has 0 radical (unpaired) electrons. The second-order valence-corrected chi connectivity index (χ2v) is 8.08. The molecule has 2 aromatic rings. The molecule has 2 aromatic carbocycles. The minimum absolute atomic E-state index is 0.160. The van der Waals surface area contributed by atoms with Gasteiger partial charge in [-0.05, 0) is 42.6 Å². The molecular formula is C23H25ClF3NO3. The molecule has 1 fully saturated rings. The van der Waals surface area contributed by atoms with Gasteiger partial charge in [0.25, 0.3) is 0 Å². The van der Waals surface area contributed by atoms with E-state index in [0.717, 1.165) is 18.4 Å². The number of alkyl halides is 3. The van der Waals surface area contributed by atoms with Gasteiger partial charge in [0, 0.05) is 18.1 Å². The smallest absolute Gasteiger partial charge is 0.426 e. The predicted molar refractivity (Wildman–Crippen MR) is 112 cm³/mol. The number of carbonyl (C=O) groups is 1. The molecular weight excluding hydrogens is 431 g/mol. The molecule has 0 N–H and O–H groups in total. The maximum absolute atomic E-state index is 13.5. The molecule has 1 aliphatic rings. The number of rotatable bonds is 8. The van der Waals surface area contributed by atoms with Crippen LogP contribution < -0.4 is 0 Å². The third-order valence-electron chi connectivity index (χ3n) is 5.12. The largest absolute Gasteiger partial charge is 0.451 e. The van der Waals surface area contributed by atoms with E-state index in [-0.39, 0.29) is 12.5 Å². The zero-order valence-corrected chi connectivity index (χ0v) is 17.7. The lowest BCUT2D eigenvalue weighted by Gasteiger charge is -2.35. The second-order valence-electron chi connectivity index (χ2n) is 7.64. The van der Waals surface area contributed by atoms with E-state index in [1.807, 2.05) is 30.3 Å². The number of esters is 1. The Labute approximate surface area is 184 Å². The molecule has 0 spiro atoms. The van der Waals surface area contributed by atoms with Crippen LogP contribution in [0.4, 0.5) is 13.2 Å². The summed E-state index contributed by atoms with van der Waals surface area (Å²) >= 11 is 5.79. The first-order chi connectivity index (χ1) is 14.8. The summed E-state index contributed by atoms with van der Waals surface area (Å²) in [5.74, 6) is -0.918. The van der Waals surface area contributed by atoms with E-state index in [9.17, 15) is 18.0 Å². The van der Waals surface area contributed by atoms with Gasteiger partial charge in [-0.15, -0.1) is 0 Å². The Balaban J connectivity index is 1.53. The molecule has 0 saturated carbocycles. The van der Waals surface area contributed by atoms with Crippen molar-refractivity contribution >= 4 is 17.6 Å². The van der Waals surface area contributed by atoms with Crippen LogP contribution in [0.15, 0.2) is 54.6 Å². The van der Waals surface area contributed by atoms with Gasteiger partial charge in [0.2, 0.25) is 6.10 Å². The number of hydrogen-bond acceptors (Lipinski definition) is 4. The maximum atomic E-state index is 13.5. The van der Waals surface area contributed by atoms with E-state index in [1.54, 1.807) is 29.2 Å². The third kappa shape index (κ3) is 7.83. The lowest BCUT2D eigenvalue weighted by molar-refractivity contribution is -0.225. The van der Waals surface area contributed by atoms with Crippen LogP contribution in [0.1, 0.15) is 24.0 Å². The number of hydrogen-bond donors (Lipinski definition) is 0. The molecule has 3 rings (SSSR count). The Morgan fingerprint density at radius 1 is 1.10 bits per heavy atom. The van der Waals surface area contributed by atoms with E-state index in [1.165, 1.54) is 0 Å². The third-order valence-corrected chi connectivity index (χ3v) is 5.37. The number of ether oxygens (including phenoxy) is 2. The zero-order chi connectivity index (χ0) is 22.3. The Hall–Kier alpha value is -2.09. The molecule has 0 aromatic heterocycles. The molecule has 168 valence electrons. The van der Waals surface area contributed by atoms with Crippen molar-refractivity contribution in [2.75, 3.05) is 19.6 Å².